The highest BCUT2D eigenvalue weighted by atomic mass is 19.4. The number of unbranched alkanes of at least 4 members (excludes halogenated alkanes) is 1. The number of alkyl halides is 3. The summed E-state index contributed by atoms with van der Waals surface area (Å²) in [6.45, 7) is 2.24. The van der Waals surface area contributed by atoms with Crippen LogP contribution in [0.3, 0.4) is 0 Å². The Morgan fingerprint density at radius 1 is 0.745 bits per heavy atom. The van der Waals surface area contributed by atoms with Crippen LogP contribution in [0.25, 0.3) is 11.1 Å². The van der Waals surface area contributed by atoms with Crippen LogP contribution in [0.1, 0.15) is 48.4 Å². The predicted octanol–water partition coefficient (Wildman–Crippen LogP) is 4.56. The van der Waals surface area contributed by atoms with Crippen molar-refractivity contribution in [3.8, 4) is 11.1 Å². The number of carbonyl (C=O) groups is 5. The van der Waals surface area contributed by atoms with Gasteiger partial charge in [-0.15, -0.1) is 0 Å². The van der Waals surface area contributed by atoms with Gasteiger partial charge in [-0.1, -0.05) is 84.4 Å². The molecule has 0 aliphatic carbocycles. The molecule has 0 spiro atoms. The van der Waals surface area contributed by atoms with Crippen LogP contribution in [-0.4, -0.2) is 49.0 Å². The van der Waals surface area contributed by atoms with E-state index in [0.29, 0.717) is 31.5 Å². The molecule has 0 saturated heterocycles. The first-order valence-corrected chi connectivity index (χ1v) is 14.7. The minimum Gasteiger partial charge on any atom is -0.347 e. The van der Waals surface area contributed by atoms with Crippen molar-refractivity contribution in [2.24, 2.45) is 0 Å². The Morgan fingerprint density at radius 3 is 2.06 bits per heavy atom. The molecule has 1 unspecified atom stereocenters. The Balaban J connectivity index is 1.44. The van der Waals surface area contributed by atoms with Gasteiger partial charge in [0.2, 0.25) is 11.8 Å². The van der Waals surface area contributed by atoms with E-state index in [2.05, 4.69) is 31.0 Å². The van der Waals surface area contributed by atoms with E-state index in [-0.39, 0.29) is 12.5 Å². The van der Waals surface area contributed by atoms with E-state index in [1.54, 1.807) is 24.3 Å². The van der Waals surface area contributed by atoms with Crippen molar-refractivity contribution in [1.82, 2.24) is 21.3 Å². The molecule has 0 aliphatic heterocycles. The number of carbonyl (C=O) groups excluding carboxylic acids is 5. The lowest BCUT2D eigenvalue weighted by molar-refractivity contribution is -0.286. The number of nitrogens with one attached hydrogen (secondary N) is 4. The summed E-state index contributed by atoms with van der Waals surface area (Å²) in [5.74, 6) is -5.17. The highest BCUT2D eigenvalue weighted by molar-refractivity contribution is 5.85. The maximum atomic E-state index is 12.7. The van der Waals surface area contributed by atoms with E-state index in [1.165, 1.54) is 0 Å². The summed E-state index contributed by atoms with van der Waals surface area (Å²) in [7, 11) is 0. The number of amides is 4. The van der Waals surface area contributed by atoms with Crippen LogP contribution in [0.4, 0.5) is 18.0 Å². The first kappa shape index (κ1) is 36.1. The number of hydrogen-bond acceptors (Lipinski definition) is 7. The Bertz CT molecular complexity index is 1500. The van der Waals surface area contributed by atoms with Gasteiger partial charge < -0.3 is 21.3 Å². The number of rotatable bonds is 14. The van der Waals surface area contributed by atoms with Gasteiger partial charge in [0.1, 0.15) is 0 Å². The smallest absolute Gasteiger partial charge is 0.347 e. The molecule has 14 heteroatoms. The number of aryl methyl sites for hydroxylation is 1. The zero-order valence-corrected chi connectivity index (χ0v) is 25.5. The summed E-state index contributed by atoms with van der Waals surface area (Å²) in [4.78, 5) is 67.5. The molecule has 0 saturated carbocycles. The minimum atomic E-state index is -5.37. The van der Waals surface area contributed by atoms with Crippen LogP contribution < -0.4 is 21.3 Å². The number of urea groups is 1. The molecule has 4 amide bonds. The van der Waals surface area contributed by atoms with Gasteiger partial charge >= 0.3 is 24.1 Å². The molecule has 1 atom stereocenters. The fourth-order valence-corrected chi connectivity index (χ4v) is 4.20. The predicted molar refractivity (Wildman–Crippen MR) is 164 cm³/mol. The van der Waals surface area contributed by atoms with Crippen LogP contribution in [-0.2, 0) is 35.5 Å². The molecule has 3 aromatic rings. The van der Waals surface area contributed by atoms with Gasteiger partial charge in [-0.2, -0.15) is 13.2 Å². The Hall–Kier alpha value is -5.40. The fraction of sp³-hybridized carbons (Fsp3) is 0.303. The maximum Gasteiger partial charge on any atom is 0.495 e. The molecule has 47 heavy (non-hydrogen) atoms. The minimum absolute atomic E-state index is 0.0845. The van der Waals surface area contributed by atoms with Crippen molar-refractivity contribution in [2.75, 3.05) is 13.1 Å². The third-order valence-electron chi connectivity index (χ3n) is 6.70. The molecule has 250 valence electrons. The van der Waals surface area contributed by atoms with Crippen LogP contribution >= 0.6 is 0 Å². The maximum absolute atomic E-state index is 12.7. The Kier molecular flexibility index (Phi) is 13.8. The van der Waals surface area contributed by atoms with Crippen molar-refractivity contribution < 1.29 is 46.9 Å². The van der Waals surface area contributed by atoms with E-state index in [4.69, 9.17) is 0 Å². The van der Waals surface area contributed by atoms with Crippen LogP contribution in [0.5, 0.6) is 0 Å². The number of hydrogen-bond donors (Lipinski definition) is 4. The average Bonchev–Trinajstić information content (AvgIpc) is 3.05. The van der Waals surface area contributed by atoms with Crippen molar-refractivity contribution in [3.63, 3.8) is 0 Å². The molecule has 0 bridgehead atoms. The van der Waals surface area contributed by atoms with Gasteiger partial charge in [-0.3, -0.25) is 9.59 Å². The van der Waals surface area contributed by atoms with Gasteiger partial charge in [0, 0.05) is 19.5 Å². The molecule has 3 aromatic carbocycles. The third kappa shape index (κ3) is 13.2. The van der Waals surface area contributed by atoms with E-state index >= 15 is 0 Å². The molecular formula is C33H35F3N4O7. The van der Waals surface area contributed by atoms with Crippen molar-refractivity contribution in [3.05, 3.63) is 95.6 Å². The first-order chi connectivity index (χ1) is 22.4. The Labute approximate surface area is 269 Å². The van der Waals surface area contributed by atoms with Gasteiger partial charge in [0.15, 0.2) is 0 Å². The van der Waals surface area contributed by atoms with Gasteiger partial charge in [0.25, 0.3) is 0 Å². The van der Waals surface area contributed by atoms with Crippen LogP contribution in [0, 0.1) is 6.92 Å². The topological polar surface area (TPSA) is 152 Å². The SMILES string of the molecule is Cc1ccc(CNC(=O)NCCCCC(=O)NCC(=O)NC(CC(=O)OOC(=O)C(F)(F)F)c2ccc(-c3ccccc3)cc2)cc1. The quantitative estimate of drug-likeness (QED) is 0.113. The van der Waals surface area contributed by atoms with Gasteiger partial charge in [0.05, 0.1) is 19.0 Å². The van der Waals surface area contributed by atoms with E-state index in [1.807, 2.05) is 61.5 Å². The molecule has 11 nitrogen and oxygen atoms in total. The van der Waals surface area contributed by atoms with Gasteiger partial charge in [-0.05, 0) is 42.0 Å². The molecule has 0 heterocycles. The second kappa shape index (κ2) is 17.9. The highest BCUT2D eigenvalue weighted by Crippen LogP contribution is 2.24. The lowest BCUT2D eigenvalue weighted by Gasteiger charge is -2.19. The summed E-state index contributed by atoms with van der Waals surface area (Å²) in [6, 6.07) is 22.3. The van der Waals surface area contributed by atoms with Crippen molar-refractivity contribution in [1.29, 1.82) is 0 Å². The highest BCUT2D eigenvalue weighted by Gasteiger charge is 2.43. The monoisotopic (exact) mass is 656 g/mol. The molecule has 0 radical (unpaired) electrons. The third-order valence-corrected chi connectivity index (χ3v) is 6.70. The fourth-order valence-electron chi connectivity index (χ4n) is 4.20. The second-order valence-electron chi connectivity index (χ2n) is 10.5. The summed E-state index contributed by atoms with van der Waals surface area (Å²) < 4.78 is 37.2. The lowest BCUT2D eigenvalue weighted by Crippen LogP contribution is -2.39. The molecule has 4 N–H and O–H groups in total. The second-order valence-corrected chi connectivity index (χ2v) is 10.5. The largest absolute Gasteiger partial charge is 0.495 e. The van der Waals surface area contributed by atoms with Gasteiger partial charge in [-0.25, -0.2) is 24.2 Å². The zero-order valence-electron chi connectivity index (χ0n) is 25.5. The molecule has 0 aromatic heterocycles. The molecular weight excluding hydrogens is 621 g/mol. The first-order valence-electron chi connectivity index (χ1n) is 14.7. The Morgan fingerprint density at radius 2 is 1.40 bits per heavy atom. The van der Waals surface area contributed by atoms with E-state index in [9.17, 15) is 37.1 Å². The van der Waals surface area contributed by atoms with Crippen LogP contribution in [0.15, 0.2) is 78.9 Å². The summed E-state index contributed by atoms with van der Waals surface area (Å²) in [5.41, 5.74) is 4.21. The standard InChI is InChI=1S/C33H35F3N4O7/c1-22-10-12-23(13-11-22)20-39-32(45)37-18-6-5-9-28(41)38-21-29(42)40-27(19-30(43)46-47-31(44)33(34,35)36)26-16-14-25(15-17-26)24-7-3-2-4-8-24/h2-4,7-8,10-17,27H,5-6,9,18-21H2,1H3,(H,38,41)(H,40,42)(H2,37,39,45). The molecule has 3 rings (SSSR count). The van der Waals surface area contributed by atoms with Crippen molar-refractivity contribution >= 4 is 29.8 Å². The average molecular weight is 657 g/mol. The number of benzene rings is 3. The van der Waals surface area contributed by atoms with Crippen molar-refractivity contribution in [2.45, 2.75) is 51.4 Å². The summed E-state index contributed by atoms with van der Waals surface area (Å²) >= 11 is 0. The van der Waals surface area contributed by atoms with E-state index < -0.39 is 48.9 Å². The number of halogens is 3. The normalized spacial score (nSPS) is 11.5. The summed E-state index contributed by atoms with van der Waals surface area (Å²) in [5, 5.41) is 10.5. The summed E-state index contributed by atoms with van der Waals surface area (Å²) in [6.07, 6.45) is -5.01. The zero-order chi connectivity index (χ0) is 34.2. The molecule has 0 aliphatic rings. The van der Waals surface area contributed by atoms with Crippen LogP contribution in [0.2, 0.25) is 0 Å². The lowest BCUT2D eigenvalue weighted by atomic mass is 9.99. The van der Waals surface area contributed by atoms with E-state index in [0.717, 1.165) is 22.3 Å². The molecule has 0 fully saturated rings.